The molecule has 1 fully saturated rings. The van der Waals surface area contributed by atoms with Crippen LogP contribution >= 0.6 is 0 Å². The molecule has 0 amide bonds. The minimum atomic E-state index is -3.10. The molecule has 27 heavy (non-hydrogen) atoms. The minimum Gasteiger partial charge on any atom is -0.370 e. The molecule has 3 rings (SSSR count). The number of sulfone groups is 1. The number of hydrogen-bond donors (Lipinski definition) is 1. The number of aromatic nitrogens is 2. The molecule has 0 atom stereocenters. The number of rotatable bonds is 5. The number of piperazine rings is 1. The Morgan fingerprint density at radius 3 is 2.33 bits per heavy atom. The van der Waals surface area contributed by atoms with Gasteiger partial charge in [0.1, 0.15) is 0 Å². The highest BCUT2D eigenvalue weighted by Crippen LogP contribution is 2.14. The summed E-state index contributed by atoms with van der Waals surface area (Å²) < 4.78 is 23.2. The first kappa shape index (κ1) is 19.1. The molecule has 1 saturated heterocycles. The lowest BCUT2D eigenvalue weighted by Gasteiger charge is -2.35. The topological polar surface area (TPSA) is 105 Å². The van der Waals surface area contributed by atoms with Crippen LogP contribution in [0.1, 0.15) is 11.1 Å². The minimum absolute atomic E-state index is 0.00828. The quantitative estimate of drug-likeness (QED) is 0.592. The van der Waals surface area contributed by atoms with Crippen molar-refractivity contribution >= 4 is 21.7 Å². The second-order valence-corrected chi connectivity index (χ2v) is 8.68. The zero-order chi connectivity index (χ0) is 19.3. The number of hydrogen-bond acceptors (Lipinski definition) is 6. The molecule has 2 N–H and O–H groups in total. The number of nitrogens with zero attached hydrogens (tertiary/aromatic N) is 5. The lowest BCUT2D eigenvalue weighted by atomic mass is 10.1. The van der Waals surface area contributed by atoms with Crippen LogP contribution in [0.4, 0.5) is 5.95 Å². The predicted molar refractivity (Wildman–Crippen MR) is 106 cm³/mol. The first-order chi connectivity index (χ1) is 12.9. The molecule has 1 aliphatic rings. The van der Waals surface area contributed by atoms with Gasteiger partial charge in [-0.2, -0.15) is 0 Å². The first-order valence-corrected chi connectivity index (χ1v) is 10.8. The van der Waals surface area contributed by atoms with Gasteiger partial charge in [0.15, 0.2) is 15.8 Å². The van der Waals surface area contributed by atoms with E-state index in [9.17, 15) is 8.42 Å². The van der Waals surface area contributed by atoms with Crippen molar-refractivity contribution in [2.75, 3.05) is 37.3 Å². The van der Waals surface area contributed by atoms with Crippen molar-refractivity contribution in [3.63, 3.8) is 0 Å². The summed E-state index contributed by atoms with van der Waals surface area (Å²) in [4.78, 5) is 17.2. The summed E-state index contributed by atoms with van der Waals surface area (Å²) in [5, 5.41) is 0. The molecular formula is C18H24N6O2S. The SMILES string of the molecule is CS(=O)(=O)Cc1ccccc1CN=C(N)N1CCN(c2ncccn2)CC1. The van der Waals surface area contributed by atoms with Gasteiger partial charge in [-0.05, 0) is 17.2 Å². The van der Waals surface area contributed by atoms with Crippen LogP contribution in [-0.2, 0) is 22.1 Å². The molecule has 0 unspecified atom stereocenters. The third-order valence-electron chi connectivity index (χ3n) is 4.39. The maximum atomic E-state index is 11.6. The van der Waals surface area contributed by atoms with Gasteiger partial charge in [0.05, 0.1) is 12.3 Å². The molecule has 0 spiro atoms. The van der Waals surface area contributed by atoms with E-state index in [2.05, 4.69) is 19.9 Å². The largest absolute Gasteiger partial charge is 0.370 e. The van der Waals surface area contributed by atoms with Crippen LogP contribution in [0.25, 0.3) is 0 Å². The van der Waals surface area contributed by atoms with Crippen LogP contribution < -0.4 is 10.6 Å². The Hall–Kier alpha value is -2.68. The molecule has 9 heteroatoms. The number of guanidine groups is 1. The Kier molecular flexibility index (Phi) is 5.90. The molecule has 1 aromatic heterocycles. The van der Waals surface area contributed by atoms with Gasteiger partial charge in [-0.1, -0.05) is 24.3 Å². The standard InChI is InChI=1S/C18H24N6O2S/c1-27(25,26)14-16-6-3-2-5-15(16)13-22-17(19)23-9-11-24(12-10-23)18-20-7-4-8-21-18/h2-8H,9-14H2,1H3,(H2,19,22). The van der Waals surface area contributed by atoms with Crippen molar-refractivity contribution in [3.05, 3.63) is 53.9 Å². The Morgan fingerprint density at radius 2 is 1.70 bits per heavy atom. The van der Waals surface area contributed by atoms with Crippen LogP contribution in [0.5, 0.6) is 0 Å². The number of aliphatic imine (C=N–C) groups is 1. The summed E-state index contributed by atoms with van der Waals surface area (Å²) in [5.74, 6) is 1.20. The molecule has 0 saturated carbocycles. The summed E-state index contributed by atoms with van der Waals surface area (Å²) in [6, 6.07) is 9.22. The number of nitrogens with two attached hydrogens (primary N) is 1. The lowest BCUT2D eigenvalue weighted by Crippen LogP contribution is -2.51. The van der Waals surface area contributed by atoms with E-state index in [-0.39, 0.29) is 5.75 Å². The maximum absolute atomic E-state index is 11.6. The summed E-state index contributed by atoms with van der Waals surface area (Å²) >= 11 is 0. The number of anilines is 1. The third-order valence-corrected chi connectivity index (χ3v) is 5.22. The fourth-order valence-electron chi connectivity index (χ4n) is 2.99. The molecule has 1 aromatic carbocycles. The van der Waals surface area contributed by atoms with E-state index >= 15 is 0 Å². The van der Waals surface area contributed by atoms with Gasteiger partial charge < -0.3 is 15.5 Å². The molecule has 8 nitrogen and oxygen atoms in total. The third kappa shape index (κ3) is 5.40. The van der Waals surface area contributed by atoms with Gasteiger partial charge in [-0.15, -0.1) is 0 Å². The highest BCUT2D eigenvalue weighted by Gasteiger charge is 2.20. The second kappa shape index (κ2) is 8.34. The Balaban J connectivity index is 1.61. The Labute approximate surface area is 159 Å². The lowest BCUT2D eigenvalue weighted by molar-refractivity contribution is 0.378. The van der Waals surface area contributed by atoms with E-state index in [0.29, 0.717) is 12.5 Å². The second-order valence-electron chi connectivity index (χ2n) is 6.54. The molecular weight excluding hydrogens is 364 g/mol. The highest BCUT2D eigenvalue weighted by molar-refractivity contribution is 7.89. The maximum Gasteiger partial charge on any atom is 0.225 e. The van der Waals surface area contributed by atoms with Gasteiger partial charge >= 0.3 is 0 Å². The Morgan fingerprint density at radius 1 is 1.07 bits per heavy atom. The van der Waals surface area contributed by atoms with E-state index in [1.165, 1.54) is 6.26 Å². The van der Waals surface area contributed by atoms with E-state index in [4.69, 9.17) is 5.73 Å². The fraction of sp³-hybridized carbons (Fsp3) is 0.389. The summed E-state index contributed by atoms with van der Waals surface area (Å²) in [6.07, 6.45) is 4.70. The van der Waals surface area contributed by atoms with Crippen LogP contribution in [0, 0.1) is 0 Å². The van der Waals surface area contributed by atoms with Crippen molar-refractivity contribution in [3.8, 4) is 0 Å². The van der Waals surface area contributed by atoms with Gasteiger partial charge in [-0.3, -0.25) is 0 Å². The predicted octanol–water partition coefficient (Wildman–Crippen LogP) is 0.658. The molecule has 2 aromatic rings. The molecule has 2 heterocycles. The average molecular weight is 388 g/mol. The van der Waals surface area contributed by atoms with Gasteiger partial charge in [0.2, 0.25) is 5.95 Å². The monoisotopic (exact) mass is 388 g/mol. The van der Waals surface area contributed by atoms with Crippen molar-refractivity contribution in [1.29, 1.82) is 0 Å². The van der Waals surface area contributed by atoms with Gasteiger partial charge in [0.25, 0.3) is 0 Å². The molecule has 0 radical (unpaired) electrons. The van der Waals surface area contributed by atoms with Crippen LogP contribution in [0.3, 0.4) is 0 Å². The van der Waals surface area contributed by atoms with E-state index in [0.717, 1.165) is 43.3 Å². The zero-order valence-corrected chi connectivity index (χ0v) is 16.1. The van der Waals surface area contributed by atoms with Crippen molar-refractivity contribution < 1.29 is 8.42 Å². The van der Waals surface area contributed by atoms with E-state index < -0.39 is 9.84 Å². The normalized spacial score (nSPS) is 15.8. The fourth-order valence-corrected chi connectivity index (χ4v) is 3.84. The van der Waals surface area contributed by atoms with Crippen molar-refractivity contribution in [2.45, 2.75) is 12.3 Å². The summed E-state index contributed by atoms with van der Waals surface area (Å²) in [7, 11) is -3.10. The molecule has 0 aliphatic carbocycles. The van der Waals surface area contributed by atoms with Gasteiger partial charge in [0, 0.05) is 44.8 Å². The zero-order valence-electron chi connectivity index (χ0n) is 15.3. The first-order valence-electron chi connectivity index (χ1n) is 8.74. The highest BCUT2D eigenvalue weighted by atomic mass is 32.2. The summed E-state index contributed by atoms with van der Waals surface area (Å²) in [5.41, 5.74) is 7.81. The van der Waals surface area contributed by atoms with Gasteiger partial charge in [-0.25, -0.2) is 23.4 Å². The van der Waals surface area contributed by atoms with Crippen molar-refractivity contribution in [2.24, 2.45) is 10.7 Å². The molecule has 0 bridgehead atoms. The van der Waals surface area contributed by atoms with Crippen LogP contribution in [0.15, 0.2) is 47.7 Å². The van der Waals surface area contributed by atoms with E-state index in [1.807, 2.05) is 29.2 Å². The van der Waals surface area contributed by atoms with Crippen LogP contribution in [-0.4, -0.2) is 61.7 Å². The number of benzene rings is 1. The average Bonchev–Trinajstić information content (AvgIpc) is 2.67. The molecule has 1 aliphatic heterocycles. The van der Waals surface area contributed by atoms with Crippen LogP contribution in [0.2, 0.25) is 0 Å². The molecule has 144 valence electrons. The van der Waals surface area contributed by atoms with Crippen molar-refractivity contribution in [1.82, 2.24) is 14.9 Å². The Bertz CT molecular complexity index is 893. The van der Waals surface area contributed by atoms with E-state index in [1.54, 1.807) is 18.5 Å². The summed E-state index contributed by atoms with van der Waals surface area (Å²) in [6.45, 7) is 3.37. The smallest absolute Gasteiger partial charge is 0.225 e.